The smallest absolute Gasteiger partial charge is 0.257 e. The van der Waals surface area contributed by atoms with Crippen molar-refractivity contribution in [3.8, 4) is 0 Å². The minimum atomic E-state index is -0.318. The van der Waals surface area contributed by atoms with E-state index in [-0.39, 0.29) is 11.8 Å². The molecule has 0 unspecified atom stereocenters. The summed E-state index contributed by atoms with van der Waals surface area (Å²) in [6.45, 7) is 2.86. The molecule has 0 spiro atoms. The number of carbonyl (C=O) groups is 2. The molecule has 0 saturated heterocycles. The number of rotatable bonds is 2. The Labute approximate surface area is 150 Å². The zero-order chi connectivity index (χ0) is 17.3. The Bertz CT molecular complexity index is 821. The van der Waals surface area contributed by atoms with Crippen molar-refractivity contribution in [1.82, 2.24) is 4.90 Å². The third-order valence-electron chi connectivity index (χ3n) is 4.09. The number of amides is 2. The van der Waals surface area contributed by atoms with Gasteiger partial charge in [0.15, 0.2) is 0 Å². The van der Waals surface area contributed by atoms with Gasteiger partial charge in [-0.3, -0.25) is 9.59 Å². The van der Waals surface area contributed by atoms with Crippen LogP contribution in [-0.4, -0.2) is 23.3 Å². The van der Waals surface area contributed by atoms with Crippen molar-refractivity contribution in [1.29, 1.82) is 0 Å². The molecule has 0 radical (unpaired) electrons. The van der Waals surface area contributed by atoms with E-state index in [4.69, 9.17) is 23.2 Å². The number of fused-ring (bicyclic) bond motifs is 1. The van der Waals surface area contributed by atoms with Gasteiger partial charge in [0, 0.05) is 30.7 Å². The summed E-state index contributed by atoms with van der Waals surface area (Å²) in [5.74, 6) is -0.262. The second-order valence-electron chi connectivity index (χ2n) is 5.75. The quantitative estimate of drug-likeness (QED) is 0.872. The monoisotopic (exact) mass is 362 g/mol. The van der Waals surface area contributed by atoms with Crippen LogP contribution in [0.5, 0.6) is 0 Å². The van der Waals surface area contributed by atoms with Crippen LogP contribution in [0.2, 0.25) is 10.0 Å². The summed E-state index contributed by atoms with van der Waals surface area (Å²) in [5, 5.41) is 3.63. The number of halogens is 2. The van der Waals surface area contributed by atoms with Gasteiger partial charge >= 0.3 is 0 Å². The van der Waals surface area contributed by atoms with E-state index in [9.17, 15) is 9.59 Å². The summed E-state index contributed by atoms with van der Waals surface area (Å²) >= 11 is 12.0. The molecule has 0 aromatic heterocycles. The van der Waals surface area contributed by atoms with Crippen molar-refractivity contribution in [2.45, 2.75) is 19.9 Å². The largest absolute Gasteiger partial charge is 0.338 e. The topological polar surface area (TPSA) is 49.4 Å². The number of anilines is 1. The third kappa shape index (κ3) is 3.55. The molecular weight excluding hydrogens is 347 g/mol. The Morgan fingerprint density at radius 1 is 1.08 bits per heavy atom. The third-order valence-corrected chi connectivity index (χ3v) is 4.66. The van der Waals surface area contributed by atoms with E-state index in [1.807, 2.05) is 18.2 Å². The van der Waals surface area contributed by atoms with Crippen LogP contribution >= 0.6 is 23.2 Å². The molecule has 0 saturated carbocycles. The maximum absolute atomic E-state index is 12.4. The molecule has 3 rings (SSSR count). The second-order valence-corrected chi connectivity index (χ2v) is 6.60. The predicted molar refractivity (Wildman–Crippen MR) is 95.7 cm³/mol. The fraction of sp³-hybridized carbons (Fsp3) is 0.222. The average molecular weight is 363 g/mol. The van der Waals surface area contributed by atoms with Gasteiger partial charge in [-0.05, 0) is 47.9 Å². The average Bonchev–Trinajstić information content (AvgIpc) is 2.56. The van der Waals surface area contributed by atoms with Crippen molar-refractivity contribution >= 4 is 40.7 Å². The summed E-state index contributed by atoms with van der Waals surface area (Å²) in [4.78, 5) is 25.8. The highest BCUT2D eigenvalue weighted by Crippen LogP contribution is 2.25. The van der Waals surface area contributed by atoms with Crippen LogP contribution in [0, 0.1) is 0 Å². The lowest BCUT2D eigenvalue weighted by Gasteiger charge is -2.28. The van der Waals surface area contributed by atoms with E-state index in [1.54, 1.807) is 24.0 Å². The summed E-state index contributed by atoms with van der Waals surface area (Å²) in [6.07, 6.45) is 0.823. The fourth-order valence-electron chi connectivity index (χ4n) is 2.77. The van der Waals surface area contributed by atoms with Crippen LogP contribution in [0.4, 0.5) is 5.69 Å². The molecule has 1 aliphatic rings. The van der Waals surface area contributed by atoms with Crippen LogP contribution in [0.15, 0.2) is 36.4 Å². The second kappa shape index (κ2) is 6.83. The van der Waals surface area contributed by atoms with Gasteiger partial charge in [0.1, 0.15) is 0 Å². The van der Waals surface area contributed by atoms with Gasteiger partial charge in [-0.1, -0.05) is 29.3 Å². The summed E-state index contributed by atoms with van der Waals surface area (Å²) < 4.78 is 0. The minimum absolute atomic E-state index is 0.0563. The lowest BCUT2D eigenvalue weighted by molar-refractivity contribution is -0.129. The first-order valence-electron chi connectivity index (χ1n) is 7.58. The van der Waals surface area contributed by atoms with E-state index >= 15 is 0 Å². The van der Waals surface area contributed by atoms with E-state index in [1.165, 1.54) is 11.6 Å². The highest BCUT2D eigenvalue weighted by Gasteiger charge is 2.19. The Hall–Kier alpha value is -2.04. The standard InChI is InChI=1S/C18H16Cl2N2O2/c1-11(23)22-7-6-12-2-4-15(8-13(12)10-22)21-18(24)16-9-14(19)3-5-17(16)20/h2-5,8-9H,6-7,10H2,1H3,(H,21,24). The number of nitrogens with one attached hydrogen (secondary N) is 1. The Morgan fingerprint density at radius 2 is 1.88 bits per heavy atom. The van der Waals surface area contributed by atoms with Gasteiger partial charge in [0.2, 0.25) is 5.91 Å². The maximum Gasteiger partial charge on any atom is 0.257 e. The molecule has 1 N–H and O–H groups in total. The molecular formula is C18H16Cl2N2O2. The summed E-state index contributed by atoms with van der Waals surface area (Å²) in [6, 6.07) is 10.5. The molecule has 2 amide bonds. The van der Waals surface area contributed by atoms with Crippen LogP contribution in [0.3, 0.4) is 0 Å². The van der Waals surface area contributed by atoms with Crippen molar-refractivity contribution < 1.29 is 9.59 Å². The van der Waals surface area contributed by atoms with E-state index in [2.05, 4.69) is 5.32 Å². The Kier molecular flexibility index (Phi) is 4.78. The van der Waals surface area contributed by atoms with Crippen LogP contribution in [0.1, 0.15) is 28.4 Å². The molecule has 0 atom stereocenters. The first-order valence-corrected chi connectivity index (χ1v) is 8.33. The highest BCUT2D eigenvalue weighted by atomic mass is 35.5. The molecule has 2 aromatic rings. The number of hydrogen-bond donors (Lipinski definition) is 1. The van der Waals surface area contributed by atoms with Crippen molar-refractivity contribution in [3.63, 3.8) is 0 Å². The van der Waals surface area contributed by atoms with Crippen molar-refractivity contribution in [3.05, 3.63) is 63.1 Å². The van der Waals surface area contributed by atoms with Gasteiger partial charge in [-0.25, -0.2) is 0 Å². The first kappa shape index (κ1) is 16.8. The molecule has 1 aliphatic heterocycles. The summed E-state index contributed by atoms with van der Waals surface area (Å²) in [7, 11) is 0. The number of benzene rings is 2. The molecule has 0 bridgehead atoms. The first-order chi connectivity index (χ1) is 11.4. The van der Waals surface area contributed by atoms with Crippen LogP contribution < -0.4 is 5.32 Å². The molecule has 24 heavy (non-hydrogen) atoms. The SMILES string of the molecule is CC(=O)N1CCc2ccc(NC(=O)c3cc(Cl)ccc3Cl)cc2C1. The Morgan fingerprint density at radius 3 is 2.62 bits per heavy atom. The maximum atomic E-state index is 12.4. The summed E-state index contributed by atoms with van der Waals surface area (Å²) in [5.41, 5.74) is 3.24. The van der Waals surface area contributed by atoms with Gasteiger partial charge in [0.25, 0.3) is 5.91 Å². The zero-order valence-corrected chi connectivity index (χ0v) is 14.6. The van der Waals surface area contributed by atoms with E-state index in [0.717, 1.165) is 18.5 Å². The Balaban J connectivity index is 1.81. The van der Waals surface area contributed by atoms with Crippen molar-refractivity contribution in [2.75, 3.05) is 11.9 Å². The predicted octanol–water partition coefficient (Wildman–Crippen LogP) is 4.15. The highest BCUT2D eigenvalue weighted by molar-refractivity contribution is 6.36. The molecule has 2 aromatic carbocycles. The lowest BCUT2D eigenvalue weighted by atomic mass is 9.99. The molecule has 4 nitrogen and oxygen atoms in total. The number of carbonyl (C=O) groups excluding carboxylic acids is 2. The normalized spacial score (nSPS) is 13.4. The van der Waals surface area contributed by atoms with Crippen LogP contribution in [0.25, 0.3) is 0 Å². The molecule has 0 fully saturated rings. The molecule has 124 valence electrons. The van der Waals surface area contributed by atoms with E-state index in [0.29, 0.717) is 27.8 Å². The van der Waals surface area contributed by atoms with Crippen LogP contribution in [-0.2, 0) is 17.8 Å². The lowest BCUT2D eigenvalue weighted by Crippen LogP contribution is -2.34. The van der Waals surface area contributed by atoms with Gasteiger partial charge in [-0.2, -0.15) is 0 Å². The zero-order valence-electron chi connectivity index (χ0n) is 13.1. The van der Waals surface area contributed by atoms with Gasteiger partial charge < -0.3 is 10.2 Å². The van der Waals surface area contributed by atoms with Gasteiger partial charge in [0.05, 0.1) is 10.6 Å². The number of nitrogens with zero attached hydrogens (tertiary/aromatic N) is 1. The molecule has 0 aliphatic carbocycles. The van der Waals surface area contributed by atoms with Gasteiger partial charge in [-0.15, -0.1) is 0 Å². The fourth-order valence-corrected chi connectivity index (χ4v) is 3.15. The van der Waals surface area contributed by atoms with E-state index < -0.39 is 0 Å². The molecule has 1 heterocycles. The van der Waals surface area contributed by atoms with Crippen molar-refractivity contribution in [2.24, 2.45) is 0 Å². The number of hydrogen-bond acceptors (Lipinski definition) is 2. The minimum Gasteiger partial charge on any atom is -0.338 e. The molecule has 6 heteroatoms.